The maximum absolute atomic E-state index is 3.55. The average Bonchev–Trinajstić information content (AvgIpc) is 2.09. The van der Waals surface area contributed by atoms with E-state index in [-0.39, 0.29) is 0 Å². The van der Waals surface area contributed by atoms with Crippen LogP contribution in [0.4, 0.5) is 0 Å². The summed E-state index contributed by atoms with van der Waals surface area (Å²) in [5.74, 6) is 0. The van der Waals surface area contributed by atoms with Gasteiger partial charge in [0.15, 0.2) is 0 Å². The van der Waals surface area contributed by atoms with Gasteiger partial charge in [0, 0.05) is 6.04 Å². The van der Waals surface area contributed by atoms with Gasteiger partial charge in [0.2, 0.25) is 0 Å². The molecule has 1 heteroatoms. The molecule has 1 N–H and O–H groups in total. The van der Waals surface area contributed by atoms with Crippen LogP contribution in [0.2, 0.25) is 0 Å². The molecule has 0 aromatic heterocycles. The first-order valence-corrected chi connectivity index (χ1v) is 4.77. The third kappa shape index (κ3) is 2.33. The fourth-order valence-electron chi connectivity index (χ4n) is 1.82. The van der Waals surface area contributed by atoms with E-state index in [4.69, 9.17) is 0 Å². The Morgan fingerprint density at radius 2 is 2.36 bits per heavy atom. The molecule has 0 amide bonds. The molecule has 1 rings (SSSR count). The molecule has 0 radical (unpaired) electrons. The smallest absolute Gasteiger partial charge is 0.0279 e. The first-order valence-electron chi connectivity index (χ1n) is 4.77. The van der Waals surface area contributed by atoms with Gasteiger partial charge in [-0.05, 0) is 32.7 Å². The van der Waals surface area contributed by atoms with E-state index >= 15 is 0 Å². The van der Waals surface area contributed by atoms with Gasteiger partial charge < -0.3 is 5.32 Å². The van der Waals surface area contributed by atoms with Crippen LogP contribution in [0.15, 0.2) is 11.6 Å². The first-order chi connectivity index (χ1) is 5.38. The van der Waals surface area contributed by atoms with E-state index in [1.54, 1.807) is 5.57 Å². The SMILES string of the molecule is C/C=C(\CC)C1CCCCN1. The largest absolute Gasteiger partial charge is 0.310 e. The quantitative estimate of drug-likeness (QED) is 0.601. The van der Waals surface area contributed by atoms with Gasteiger partial charge in [-0.25, -0.2) is 0 Å². The van der Waals surface area contributed by atoms with Crippen molar-refractivity contribution in [2.45, 2.75) is 45.6 Å². The second-order valence-corrected chi connectivity index (χ2v) is 3.22. The number of hydrogen-bond acceptors (Lipinski definition) is 1. The average molecular weight is 153 g/mol. The van der Waals surface area contributed by atoms with Gasteiger partial charge in [0.05, 0.1) is 0 Å². The number of hydrogen-bond donors (Lipinski definition) is 1. The van der Waals surface area contributed by atoms with Crippen LogP contribution >= 0.6 is 0 Å². The van der Waals surface area contributed by atoms with Crippen molar-refractivity contribution in [1.29, 1.82) is 0 Å². The Hall–Kier alpha value is -0.300. The van der Waals surface area contributed by atoms with Crippen molar-refractivity contribution in [3.63, 3.8) is 0 Å². The molecule has 0 spiro atoms. The van der Waals surface area contributed by atoms with Crippen LogP contribution in [0.3, 0.4) is 0 Å². The van der Waals surface area contributed by atoms with Gasteiger partial charge in [-0.15, -0.1) is 0 Å². The zero-order valence-electron chi connectivity index (χ0n) is 7.69. The van der Waals surface area contributed by atoms with E-state index in [1.807, 2.05) is 0 Å². The summed E-state index contributed by atoms with van der Waals surface area (Å²) >= 11 is 0. The van der Waals surface area contributed by atoms with Crippen molar-refractivity contribution >= 4 is 0 Å². The van der Waals surface area contributed by atoms with E-state index < -0.39 is 0 Å². The highest BCUT2D eigenvalue weighted by molar-refractivity contribution is 5.09. The highest BCUT2D eigenvalue weighted by atomic mass is 14.9. The molecule has 0 aromatic carbocycles. The Labute approximate surface area is 69.9 Å². The van der Waals surface area contributed by atoms with E-state index in [0.29, 0.717) is 6.04 Å². The second kappa shape index (κ2) is 4.55. The second-order valence-electron chi connectivity index (χ2n) is 3.22. The predicted octanol–water partition coefficient (Wildman–Crippen LogP) is 2.48. The molecule has 0 bridgehead atoms. The fraction of sp³-hybridized carbons (Fsp3) is 0.800. The summed E-state index contributed by atoms with van der Waals surface area (Å²) in [6, 6.07) is 0.693. The lowest BCUT2D eigenvalue weighted by atomic mass is 9.96. The van der Waals surface area contributed by atoms with Crippen molar-refractivity contribution < 1.29 is 0 Å². The highest BCUT2D eigenvalue weighted by Crippen LogP contribution is 2.16. The Morgan fingerprint density at radius 1 is 1.55 bits per heavy atom. The molecule has 0 aliphatic carbocycles. The minimum Gasteiger partial charge on any atom is -0.310 e. The molecular weight excluding hydrogens is 134 g/mol. The van der Waals surface area contributed by atoms with Crippen LogP contribution in [-0.2, 0) is 0 Å². The number of piperidine rings is 1. The van der Waals surface area contributed by atoms with E-state index in [0.717, 1.165) is 0 Å². The summed E-state index contributed by atoms with van der Waals surface area (Å²) in [4.78, 5) is 0. The van der Waals surface area contributed by atoms with Crippen LogP contribution in [0.25, 0.3) is 0 Å². The molecule has 1 saturated heterocycles. The van der Waals surface area contributed by atoms with Crippen molar-refractivity contribution in [2.24, 2.45) is 0 Å². The van der Waals surface area contributed by atoms with Crippen LogP contribution in [0, 0.1) is 0 Å². The van der Waals surface area contributed by atoms with Crippen molar-refractivity contribution in [3.05, 3.63) is 11.6 Å². The van der Waals surface area contributed by atoms with Gasteiger partial charge in [-0.3, -0.25) is 0 Å². The Kier molecular flexibility index (Phi) is 3.64. The first kappa shape index (κ1) is 8.79. The topological polar surface area (TPSA) is 12.0 Å². The van der Waals surface area contributed by atoms with Crippen molar-refractivity contribution in [2.75, 3.05) is 6.54 Å². The van der Waals surface area contributed by atoms with E-state index in [1.165, 1.54) is 32.2 Å². The van der Waals surface area contributed by atoms with Crippen LogP contribution in [-0.4, -0.2) is 12.6 Å². The lowest BCUT2D eigenvalue weighted by Crippen LogP contribution is -2.35. The molecule has 11 heavy (non-hydrogen) atoms. The molecular formula is C10H19N. The summed E-state index contributed by atoms with van der Waals surface area (Å²) < 4.78 is 0. The molecule has 1 nitrogen and oxygen atoms in total. The molecule has 1 heterocycles. The van der Waals surface area contributed by atoms with E-state index in [2.05, 4.69) is 25.2 Å². The minimum atomic E-state index is 0.693. The van der Waals surface area contributed by atoms with Crippen molar-refractivity contribution in [3.8, 4) is 0 Å². The number of nitrogens with one attached hydrogen (secondary N) is 1. The molecule has 0 aromatic rings. The standard InChI is InChI=1S/C10H19N/c1-3-9(4-2)10-7-5-6-8-11-10/h3,10-11H,4-8H2,1-2H3/b9-3+. The van der Waals surface area contributed by atoms with Gasteiger partial charge in [0.1, 0.15) is 0 Å². The lowest BCUT2D eigenvalue weighted by Gasteiger charge is -2.25. The van der Waals surface area contributed by atoms with Crippen molar-refractivity contribution in [1.82, 2.24) is 5.32 Å². The minimum absolute atomic E-state index is 0.693. The molecule has 64 valence electrons. The summed E-state index contributed by atoms with van der Waals surface area (Å²) in [5, 5.41) is 3.55. The summed E-state index contributed by atoms with van der Waals surface area (Å²) in [6.45, 7) is 5.60. The maximum Gasteiger partial charge on any atom is 0.0279 e. The molecule has 1 unspecified atom stereocenters. The molecule has 1 aliphatic heterocycles. The third-order valence-corrected chi connectivity index (χ3v) is 2.54. The summed E-state index contributed by atoms with van der Waals surface area (Å²) in [5.41, 5.74) is 1.59. The Morgan fingerprint density at radius 3 is 2.82 bits per heavy atom. The summed E-state index contributed by atoms with van der Waals surface area (Å²) in [6.07, 6.45) is 7.57. The summed E-state index contributed by atoms with van der Waals surface area (Å²) in [7, 11) is 0. The normalized spacial score (nSPS) is 27.1. The Bertz CT molecular complexity index is 132. The molecule has 1 atom stereocenters. The third-order valence-electron chi connectivity index (χ3n) is 2.54. The zero-order chi connectivity index (χ0) is 8.10. The fourth-order valence-corrected chi connectivity index (χ4v) is 1.82. The molecule has 1 aliphatic rings. The maximum atomic E-state index is 3.55. The monoisotopic (exact) mass is 153 g/mol. The van der Waals surface area contributed by atoms with Gasteiger partial charge in [-0.1, -0.05) is 25.0 Å². The van der Waals surface area contributed by atoms with Gasteiger partial charge in [-0.2, -0.15) is 0 Å². The highest BCUT2D eigenvalue weighted by Gasteiger charge is 2.14. The van der Waals surface area contributed by atoms with Crippen LogP contribution < -0.4 is 5.32 Å². The predicted molar refractivity (Wildman–Crippen MR) is 49.7 cm³/mol. The van der Waals surface area contributed by atoms with E-state index in [9.17, 15) is 0 Å². The van der Waals surface area contributed by atoms with Crippen LogP contribution in [0.5, 0.6) is 0 Å². The van der Waals surface area contributed by atoms with Gasteiger partial charge >= 0.3 is 0 Å². The zero-order valence-corrected chi connectivity index (χ0v) is 7.69. The number of allylic oxidation sites excluding steroid dienone is 1. The van der Waals surface area contributed by atoms with Gasteiger partial charge in [0.25, 0.3) is 0 Å². The number of rotatable bonds is 2. The Balaban J connectivity index is 2.43. The lowest BCUT2D eigenvalue weighted by molar-refractivity contribution is 0.434. The molecule has 0 saturated carbocycles. The molecule has 1 fully saturated rings. The van der Waals surface area contributed by atoms with Crippen LogP contribution in [0.1, 0.15) is 39.5 Å².